The molecule has 0 aliphatic heterocycles. The van der Waals surface area contributed by atoms with Crippen molar-refractivity contribution in [2.45, 2.75) is 46.6 Å². The minimum absolute atomic E-state index is 0.0298. The summed E-state index contributed by atoms with van der Waals surface area (Å²) in [5, 5.41) is 11.9. The van der Waals surface area contributed by atoms with Gasteiger partial charge in [-0.3, -0.25) is 4.79 Å². The predicted octanol–water partition coefficient (Wildman–Crippen LogP) is 1.56. The van der Waals surface area contributed by atoms with E-state index in [1.165, 1.54) is 0 Å². The Morgan fingerprint density at radius 2 is 1.79 bits per heavy atom. The summed E-state index contributed by atoms with van der Waals surface area (Å²) in [5.74, 6) is 0.902. The van der Waals surface area contributed by atoms with Crippen molar-refractivity contribution >= 4 is 5.91 Å². The van der Waals surface area contributed by atoms with Gasteiger partial charge in [-0.05, 0) is 18.3 Å². The smallest absolute Gasteiger partial charge is 0.220 e. The van der Waals surface area contributed by atoms with E-state index in [1.807, 2.05) is 13.8 Å². The van der Waals surface area contributed by atoms with Crippen LogP contribution in [0.2, 0.25) is 0 Å². The Kier molecular flexibility index (Phi) is 6.54. The van der Waals surface area contributed by atoms with Crippen LogP contribution < -0.4 is 5.32 Å². The standard InChI is InChI=1S/C11H23NO2/c1-8(2)5-10(7-13)12-11(14)6-9(3)4/h8-10,13H,5-7H2,1-4H3,(H,12,14). The highest BCUT2D eigenvalue weighted by atomic mass is 16.3. The van der Waals surface area contributed by atoms with Gasteiger partial charge in [0.2, 0.25) is 5.91 Å². The van der Waals surface area contributed by atoms with E-state index in [1.54, 1.807) is 0 Å². The van der Waals surface area contributed by atoms with Gasteiger partial charge in [-0.25, -0.2) is 0 Å². The second-order valence-electron chi connectivity index (χ2n) is 4.67. The lowest BCUT2D eigenvalue weighted by Gasteiger charge is -2.18. The van der Waals surface area contributed by atoms with Crippen molar-refractivity contribution < 1.29 is 9.90 Å². The molecule has 1 atom stereocenters. The molecular formula is C11H23NO2. The molecular weight excluding hydrogens is 178 g/mol. The van der Waals surface area contributed by atoms with Gasteiger partial charge in [0.15, 0.2) is 0 Å². The number of rotatable bonds is 6. The van der Waals surface area contributed by atoms with Crippen LogP contribution >= 0.6 is 0 Å². The lowest BCUT2D eigenvalue weighted by Crippen LogP contribution is -2.38. The average Bonchev–Trinajstić information content (AvgIpc) is 2.00. The number of carbonyl (C=O) groups excluding carboxylic acids is 1. The first-order chi connectivity index (χ1) is 6.45. The van der Waals surface area contributed by atoms with Gasteiger partial charge in [0, 0.05) is 6.42 Å². The third-order valence-electron chi connectivity index (χ3n) is 1.94. The topological polar surface area (TPSA) is 49.3 Å². The fourth-order valence-electron chi connectivity index (χ4n) is 1.41. The van der Waals surface area contributed by atoms with Crippen molar-refractivity contribution in [2.75, 3.05) is 6.61 Å². The van der Waals surface area contributed by atoms with E-state index in [4.69, 9.17) is 5.11 Å². The molecule has 3 nitrogen and oxygen atoms in total. The van der Waals surface area contributed by atoms with Gasteiger partial charge >= 0.3 is 0 Å². The van der Waals surface area contributed by atoms with Crippen LogP contribution in [0.1, 0.15) is 40.5 Å². The van der Waals surface area contributed by atoms with Crippen LogP contribution in [0, 0.1) is 11.8 Å². The average molecular weight is 201 g/mol. The molecule has 1 unspecified atom stereocenters. The summed E-state index contributed by atoms with van der Waals surface area (Å²) < 4.78 is 0. The number of hydrogen-bond acceptors (Lipinski definition) is 2. The monoisotopic (exact) mass is 201 g/mol. The molecule has 0 saturated heterocycles. The molecule has 2 N–H and O–H groups in total. The Bertz CT molecular complexity index is 167. The molecule has 0 aromatic heterocycles. The van der Waals surface area contributed by atoms with Gasteiger partial charge in [0.25, 0.3) is 0 Å². The molecule has 0 radical (unpaired) electrons. The minimum Gasteiger partial charge on any atom is -0.394 e. The highest BCUT2D eigenvalue weighted by molar-refractivity contribution is 5.76. The van der Waals surface area contributed by atoms with Crippen molar-refractivity contribution in [1.29, 1.82) is 0 Å². The predicted molar refractivity (Wildman–Crippen MR) is 57.9 cm³/mol. The molecule has 84 valence electrons. The molecule has 14 heavy (non-hydrogen) atoms. The van der Waals surface area contributed by atoms with Gasteiger partial charge in [-0.15, -0.1) is 0 Å². The Morgan fingerprint density at radius 1 is 1.21 bits per heavy atom. The zero-order valence-electron chi connectivity index (χ0n) is 9.71. The van der Waals surface area contributed by atoms with E-state index >= 15 is 0 Å². The summed E-state index contributed by atoms with van der Waals surface area (Å²) in [5.41, 5.74) is 0. The number of carbonyl (C=O) groups is 1. The van der Waals surface area contributed by atoms with E-state index < -0.39 is 0 Å². The fraction of sp³-hybridized carbons (Fsp3) is 0.909. The Hall–Kier alpha value is -0.570. The van der Waals surface area contributed by atoms with Crippen molar-refractivity contribution in [3.63, 3.8) is 0 Å². The number of aliphatic hydroxyl groups excluding tert-OH is 1. The number of hydrogen-bond donors (Lipinski definition) is 2. The van der Waals surface area contributed by atoms with Crippen LogP contribution in [0.4, 0.5) is 0 Å². The summed E-state index contributed by atoms with van der Waals surface area (Å²) >= 11 is 0. The second kappa shape index (κ2) is 6.82. The molecule has 1 amide bonds. The summed E-state index contributed by atoms with van der Waals surface area (Å²) in [7, 11) is 0. The van der Waals surface area contributed by atoms with Crippen LogP contribution in [0.3, 0.4) is 0 Å². The van der Waals surface area contributed by atoms with Crippen molar-refractivity contribution in [3.8, 4) is 0 Å². The number of aliphatic hydroxyl groups is 1. The Balaban J connectivity index is 3.86. The summed E-state index contributed by atoms with van der Waals surface area (Å²) in [6.45, 7) is 8.21. The van der Waals surface area contributed by atoms with Gasteiger partial charge in [0.05, 0.1) is 12.6 Å². The van der Waals surface area contributed by atoms with E-state index in [0.717, 1.165) is 6.42 Å². The Labute approximate surface area is 86.9 Å². The largest absolute Gasteiger partial charge is 0.394 e. The highest BCUT2D eigenvalue weighted by Gasteiger charge is 2.13. The Morgan fingerprint density at radius 3 is 2.14 bits per heavy atom. The molecule has 0 aliphatic carbocycles. The van der Waals surface area contributed by atoms with Crippen LogP contribution in [-0.2, 0) is 4.79 Å². The van der Waals surface area contributed by atoms with Crippen LogP contribution in [0.5, 0.6) is 0 Å². The molecule has 3 heteroatoms. The quantitative estimate of drug-likeness (QED) is 0.685. The third kappa shape index (κ3) is 6.89. The van der Waals surface area contributed by atoms with Crippen LogP contribution in [0.15, 0.2) is 0 Å². The lowest BCUT2D eigenvalue weighted by atomic mass is 10.0. The van der Waals surface area contributed by atoms with Crippen LogP contribution in [-0.4, -0.2) is 23.7 Å². The first-order valence-electron chi connectivity index (χ1n) is 5.35. The molecule has 0 aromatic rings. The molecule has 0 aliphatic rings. The van der Waals surface area contributed by atoms with Crippen molar-refractivity contribution in [2.24, 2.45) is 11.8 Å². The van der Waals surface area contributed by atoms with E-state index in [9.17, 15) is 4.79 Å². The summed E-state index contributed by atoms with van der Waals surface area (Å²) in [6.07, 6.45) is 1.37. The number of amides is 1. The van der Waals surface area contributed by atoms with Crippen molar-refractivity contribution in [1.82, 2.24) is 5.32 Å². The molecule has 0 saturated carbocycles. The zero-order chi connectivity index (χ0) is 11.1. The maximum Gasteiger partial charge on any atom is 0.220 e. The van der Waals surface area contributed by atoms with Gasteiger partial charge in [-0.2, -0.15) is 0 Å². The molecule has 0 spiro atoms. The molecule has 0 rings (SSSR count). The third-order valence-corrected chi connectivity index (χ3v) is 1.94. The minimum atomic E-state index is -0.0822. The second-order valence-corrected chi connectivity index (χ2v) is 4.67. The van der Waals surface area contributed by atoms with Crippen molar-refractivity contribution in [3.05, 3.63) is 0 Å². The maximum absolute atomic E-state index is 11.4. The summed E-state index contributed by atoms with van der Waals surface area (Å²) in [6, 6.07) is -0.0822. The van der Waals surface area contributed by atoms with Gasteiger partial charge in [-0.1, -0.05) is 27.7 Å². The zero-order valence-corrected chi connectivity index (χ0v) is 9.71. The highest BCUT2D eigenvalue weighted by Crippen LogP contribution is 2.05. The summed E-state index contributed by atoms with van der Waals surface area (Å²) in [4.78, 5) is 11.4. The molecule has 0 bridgehead atoms. The number of nitrogens with one attached hydrogen (secondary N) is 1. The van der Waals surface area contributed by atoms with Gasteiger partial charge < -0.3 is 10.4 Å². The normalized spacial score (nSPS) is 13.4. The first-order valence-corrected chi connectivity index (χ1v) is 5.35. The fourth-order valence-corrected chi connectivity index (χ4v) is 1.41. The van der Waals surface area contributed by atoms with E-state index in [-0.39, 0.29) is 18.6 Å². The maximum atomic E-state index is 11.4. The first kappa shape index (κ1) is 13.4. The van der Waals surface area contributed by atoms with Crippen LogP contribution in [0.25, 0.3) is 0 Å². The lowest BCUT2D eigenvalue weighted by molar-refractivity contribution is -0.122. The van der Waals surface area contributed by atoms with Gasteiger partial charge in [0.1, 0.15) is 0 Å². The van der Waals surface area contributed by atoms with E-state index in [0.29, 0.717) is 18.3 Å². The SMILES string of the molecule is CC(C)CC(=O)NC(CO)CC(C)C. The molecule has 0 aromatic carbocycles. The molecule has 0 fully saturated rings. The van der Waals surface area contributed by atoms with E-state index in [2.05, 4.69) is 19.2 Å². The molecule has 0 heterocycles.